The van der Waals surface area contributed by atoms with Crippen molar-refractivity contribution in [2.45, 2.75) is 13.0 Å². The number of nitrogens with zero attached hydrogens (tertiary/aromatic N) is 2. The number of aromatic nitrogens is 2. The van der Waals surface area contributed by atoms with Gasteiger partial charge in [-0.3, -0.25) is 0 Å². The van der Waals surface area contributed by atoms with E-state index in [-0.39, 0.29) is 23.4 Å². The average molecular weight is 381 g/mol. The van der Waals surface area contributed by atoms with Gasteiger partial charge in [0.05, 0.1) is 0 Å². The Hall–Kier alpha value is -2.48. The van der Waals surface area contributed by atoms with Gasteiger partial charge in [0, 0.05) is 5.56 Å². The molecule has 23 heavy (non-hydrogen) atoms. The highest BCUT2D eigenvalue weighted by Crippen LogP contribution is 2.24. The van der Waals surface area contributed by atoms with E-state index in [1.165, 1.54) is 30.3 Å². The van der Waals surface area contributed by atoms with E-state index in [1.807, 2.05) is 0 Å². The summed E-state index contributed by atoms with van der Waals surface area (Å²) in [5.74, 6) is -0.612. The molecule has 2 heterocycles. The highest BCUT2D eigenvalue weighted by molar-refractivity contribution is 9.10. The van der Waals surface area contributed by atoms with Gasteiger partial charge in [-0.15, -0.1) is 10.2 Å². The van der Waals surface area contributed by atoms with Crippen LogP contribution in [0.3, 0.4) is 0 Å². The molecule has 0 aliphatic carbocycles. The van der Waals surface area contributed by atoms with Crippen LogP contribution in [-0.4, -0.2) is 16.2 Å². The van der Waals surface area contributed by atoms with E-state index in [0.29, 0.717) is 10.2 Å². The van der Waals surface area contributed by atoms with Crippen molar-refractivity contribution in [3.63, 3.8) is 0 Å². The third kappa shape index (κ3) is 3.48. The Morgan fingerprint density at radius 3 is 2.57 bits per heavy atom. The number of benzene rings is 1. The van der Waals surface area contributed by atoms with Crippen molar-refractivity contribution in [3.8, 4) is 11.5 Å². The van der Waals surface area contributed by atoms with Gasteiger partial charge in [-0.1, -0.05) is 0 Å². The van der Waals surface area contributed by atoms with Gasteiger partial charge in [0.1, 0.15) is 5.82 Å². The Balaban J connectivity index is 1.72. The summed E-state index contributed by atoms with van der Waals surface area (Å²) in [6, 6.07) is 8.68. The van der Waals surface area contributed by atoms with Crippen molar-refractivity contribution in [3.05, 3.63) is 58.5 Å². The molecule has 0 saturated carbocycles. The van der Waals surface area contributed by atoms with Crippen LogP contribution in [0.5, 0.6) is 0 Å². The fourth-order valence-corrected chi connectivity index (χ4v) is 2.11. The third-order valence-corrected chi connectivity index (χ3v) is 3.36. The van der Waals surface area contributed by atoms with Crippen LogP contribution in [0.25, 0.3) is 11.5 Å². The first-order valence-corrected chi connectivity index (χ1v) is 7.38. The van der Waals surface area contributed by atoms with Crippen LogP contribution in [0.4, 0.5) is 4.39 Å². The van der Waals surface area contributed by atoms with Gasteiger partial charge in [0.2, 0.25) is 11.7 Å². The van der Waals surface area contributed by atoms with Crippen LogP contribution in [0.1, 0.15) is 29.5 Å². The molecule has 1 aromatic carbocycles. The van der Waals surface area contributed by atoms with E-state index in [9.17, 15) is 9.18 Å². The fraction of sp³-hybridized carbons (Fsp3) is 0.133. The minimum Gasteiger partial charge on any atom is -0.447 e. The molecule has 1 atom stereocenters. The minimum absolute atomic E-state index is 0.0574. The van der Waals surface area contributed by atoms with Crippen molar-refractivity contribution in [2.75, 3.05) is 0 Å². The van der Waals surface area contributed by atoms with E-state index < -0.39 is 12.1 Å². The zero-order valence-corrected chi connectivity index (χ0v) is 13.4. The molecule has 3 aromatic rings. The SMILES string of the molecule is C[C@@H](OC(=O)c1ccc(Br)o1)c1nnc(-c2ccc(F)cc2)o1. The summed E-state index contributed by atoms with van der Waals surface area (Å²) in [5.41, 5.74) is 0.568. The molecule has 8 heteroatoms. The van der Waals surface area contributed by atoms with Crippen molar-refractivity contribution in [1.82, 2.24) is 10.2 Å². The zero-order chi connectivity index (χ0) is 16.4. The number of rotatable bonds is 4. The van der Waals surface area contributed by atoms with Gasteiger partial charge < -0.3 is 13.6 Å². The second-order valence-electron chi connectivity index (χ2n) is 4.60. The molecule has 0 spiro atoms. The molecular formula is C15H10BrFN2O4. The lowest BCUT2D eigenvalue weighted by Crippen LogP contribution is -2.08. The molecule has 0 unspecified atom stereocenters. The van der Waals surface area contributed by atoms with Crippen molar-refractivity contribution < 1.29 is 22.8 Å². The van der Waals surface area contributed by atoms with Crippen LogP contribution in [0.15, 0.2) is 49.9 Å². The van der Waals surface area contributed by atoms with Gasteiger partial charge in [-0.25, -0.2) is 9.18 Å². The summed E-state index contributed by atoms with van der Waals surface area (Å²) in [6.45, 7) is 1.60. The first-order valence-electron chi connectivity index (χ1n) is 6.58. The van der Waals surface area contributed by atoms with Gasteiger partial charge in [-0.2, -0.15) is 0 Å². The average Bonchev–Trinajstić information content (AvgIpc) is 3.17. The molecule has 0 saturated heterocycles. The Morgan fingerprint density at radius 2 is 1.91 bits per heavy atom. The standard InChI is InChI=1S/C15H10BrFN2O4/c1-8(21-15(20)11-6-7-12(16)22-11)13-18-19-14(23-13)9-2-4-10(17)5-3-9/h2-8H,1H3/t8-/m1/s1. The maximum absolute atomic E-state index is 12.9. The molecule has 0 fully saturated rings. The number of hydrogen-bond acceptors (Lipinski definition) is 6. The van der Waals surface area contributed by atoms with E-state index in [2.05, 4.69) is 26.1 Å². The van der Waals surface area contributed by atoms with Gasteiger partial charge in [0.25, 0.3) is 5.89 Å². The summed E-state index contributed by atoms with van der Waals surface area (Å²) >= 11 is 3.10. The largest absolute Gasteiger partial charge is 0.447 e. The van der Waals surface area contributed by atoms with E-state index >= 15 is 0 Å². The number of carbonyl (C=O) groups is 1. The molecule has 0 bridgehead atoms. The number of carbonyl (C=O) groups excluding carboxylic acids is 1. The number of ether oxygens (including phenoxy) is 1. The molecule has 6 nitrogen and oxygen atoms in total. The van der Waals surface area contributed by atoms with Crippen LogP contribution in [-0.2, 0) is 4.74 Å². The summed E-state index contributed by atoms with van der Waals surface area (Å²) in [5, 5.41) is 7.70. The third-order valence-electron chi connectivity index (χ3n) is 2.94. The normalized spacial score (nSPS) is 12.1. The number of hydrogen-bond donors (Lipinski definition) is 0. The predicted octanol–water partition coefficient (Wildman–Crippen LogP) is 4.15. The Morgan fingerprint density at radius 1 is 1.17 bits per heavy atom. The highest BCUT2D eigenvalue weighted by atomic mass is 79.9. The first kappa shape index (κ1) is 15.4. The van der Waals surface area contributed by atoms with Crippen molar-refractivity contribution in [2.24, 2.45) is 0 Å². The highest BCUT2D eigenvalue weighted by Gasteiger charge is 2.21. The van der Waals surface area contributed by atoms with E-state index in [0.717, 1.165) is 0 Å². The number of furan rings is 1. The molecule has 0 radical (unpaired) electrons. The topological polar surface area (TPSA) is 78.4 Å². The minimum atomic E-state index is -0.756. The molecule has 3 rings (SSSR count). The number of esters is 1. The van der Waals surface area contributed by atoms with Gasteiger partial charge >= 0.3 is 5.97 Å². The molecule has 0 aliphatic heterocycles. The second-order valence-corrected chi connectivity index (χ2v) is 5.39. The van der Waals surface area contributed by atoms with Crippen LogP contribution in [0, 0.1) is 5.82 Å². The summed E-state index contributed by atoms with van der Waals surface area (Å²) in [6.07, 6.45) is -0.756. The van der Waals surface area contributed by atoms with Crippen molar-refractivity contribution >= 4 is 21.9 Å². The first-order chi connectivity index (χ1) is 11.0. The fourth-order valence-electron chi connectivity index (χ4n) is 1.80. The van der Waals surface area contributed by atoms with E-state index in [1.54, 1.807) is 13.0 Å². The molecule has 0 aliphatic rings. The Kier molecular flexibility index (Phi) is 4.24. The molecule has 0 amide bonds. The smallest absolute Gasteiger partial charge is 0.375 e. The predicted molar refractivity (Wildman–Crippen MR) is 79.9 cm³/mol. The summed E-state index contributed by atoms with van der Waals surface area (Å²) in [4.78, 5) is 11.9. The Labute approximate surface area is 138 Å². The summed E-state index contributed by atoms with van der Waals surface area (Å²) in [7, 11) is 0. The second kappa shape index (κ2) is 6.33. The van der Waals surface area contributed by atoms with Gasteiger partial charge in [-0.05, 0) is 59.3 Å². The lowest BCUT2D eigenvalue weighted by atomic mass is 10.2. The van der Waals surface area contributed by atoms with E-state index in [4.69, 9.17) is 13.6 Å². The monoisotopic (exact) mass is 380 g/mol. The van der Waals surface area contributed by atoms with Crippen LogP contribution >= 0.6 is 15.9 Å². The zero-order valence-electron chi connectivity index (χ0n) is 11.8. The molecule has 0 N–H and O–H groups in total. The maximum atomic E-state index is 12.9. The quantitative estimate of drug-likeness (QED) is 0.632. The lowest BCUT2D eigenvalue weighted by molar-refractivity contribution is 0.0243. The molecule has 2 aromatic heterocycles. The maximum Gasteiger partial charge on any atom is 0.375 e. The molecular weight excluding hydrogens is 371 g/mol. The van der Waals surface area contributed by atoms with Crippen molar-refractivity contribution in [1.29, 1.82) is 0 Å². The molecule has 118 valence electrons. The lowest BCUT2D eigenvalue weighted by Gasteiger charge is -2.07. The van der Waals surface area contributed by atoms with Crippen LogP contribution in [0.2, 0.25) is 0 Å². The Bertz CT molecular complexity index is 828. The van der Waals surface area contributed by atoms with Gasteiger partial charge in [0.15, 0.2) is 10.8 Å². The summed E-state index contributed by atoms with van der Waals surface area (Å²) < 4.78 is 29.1. The number of halogens is 2. The van der Waals surface area contributed by atoms with Crippen LogP contribution < -0.4 is 0 Å².